The van der Waals surface area contributed by atoms with Crippen molar-refractivity contribution in [2.24, 2.45) is 4.99 Å². The Hall–Kier alpha value is -0.890. The monoisotopic (exact) mass is 409 g/mol. The lowest BCUT2D eigenvalue weighted by molar-refractivity contribution is 0.106. The average Bonchev–Trinajstić information content (AvgIpc) is 2.38. The Morgan fingerprint density at radius 1 is 1.29 bits per heavy atom. The fraction of sp³-hybridized carbons (Fsp3) is 0.533. The fourth-order valence-electron chi connectivity index (χ4n) is 1.74. The van der Waals surface area contributed by atoms with Gasteiger partial charge in [-0.15, -0.1) is 24.0 Å². The quantitative estimate of drug-likeness (QED) is 0.457. The smallest absolute Gasteiger partial charge is 0.191 e. The first-order chi connectivity index (χ1) is 9.35. The van der Waals surface area contributed by atoms with Crippen molar-refractivity contribution < 1.29 is 9.13 Å². The predicted molar refractivity (Wildman–Crippen MR) is 95.8 cm³/mol. The zero-order chi connectivity index (χ0) is 15.2. The van der Waals surface area contributed by atoms with Crippen molar-refractivity contribution in [3.63, 3.8) is 0 Å². The van der Waals surface area contributed by atoms with Crippen LogP contribution in [0.1, 0.15) is 32.4 Å². The molecule has 0 aliphatic heterocycles. The van der Waals surface area contributed by atoms with Crippen LogP contribution < -0.4 is 10.6 Å². The van der Waals surface area contributed by atoms with Crippen molar-refractivity contribution in [3.05, 3.63) is 35.6 Å². The molecule has 2 N–H and O–H groups in total. The van der Waals surface area contributed by atoms with E-state index >= 15 is 0 Å². The van der Waals surface area contributed by atoms with E-state index in [0.29, 0.717) is 12.5 Å². The highest BCUT2D eigenvalue weighted by Crippen LogP contribution is 2.16. The molecule has 1 aromatic carbocycles. The molecule has 6 heteroatoms. The highest BCUT2D eigenvalue weighted by atomic mass is 127. The second-order valence-electron chi connectivity index (χ2n) is 5.60. The van der Waals surface area contributed by atoms with Gasteiger partial charge in [0.05, 0.1) is 6.10 Å². The number of hydrogen-bond donors (Lipinski definition) is 2. The molecule has 0 saturated carbocycles. The molecule has 0 radical (unpaired) electrons. The maximum absolute atomic E-state index is 12.9. The molecule has 1 atom stereocenters. The zero-order valence-electron chi connectivity index (χ0n) is 13.2. The van der Waals surface area contributed by atoms with Gasteiger partial charge in [0.1, 0.15) is 5.82 Å². The molecule has 0 saturated heterocycles. The van der Waals surface area contributed by atoms with Crippen LogP contribution in [-0.2, 0) is 4.74 Å². The van der Waals surface area contributed by atoms with Crippen molar-refractivity contribution >= 4 is 29.9 Å². The van der Waals surface area contributed by atoms with E-state index in [-0.39, 0.29) is 41.4 Å². The summed E-state index contributed by atoms with van der Waals surface area (Å²) in [6.45, 7) is 6.74. The van der Waals surface area contributed by atoms with Crippen LogP contribution in [0.15, 0.2) is 29.3 Å². The van der Waals surface area contributed by atoms with Crippen LogP contribution in [0.2, 0.25) is 0 Å². The van der Waals surface area contributed by atoms with Gasteiger partial charge in [0, 0.05) is 26.2 Å². The third-order valence-electron chi connectivity index (χ3n) is 2.70. The summed E-state index contributed by atoms with van der Waals surface area (Å²) >= 11 is 0. The third kappa shape index (κ3) is 7.61. The number of methoxy groups -OCH3 is 1. The van der Waals surface area contributed by atoms with Crippen molar-refractivity contribution in [1.82, 2.24) is 10.6 Å². The summed E-state index contributed by atoms with van der Waals surface area (Å²) < 4.78 is 18.4. The highest BCUT2D eigenvalue weighted by Gasteiger charge is 2.14. The first-order valence-electron chi connectivity index (χ1n) is 6.63. The minimum Gasteiger partial charge on any atom is -0.375 e. The number of aliphatic imine (C=N–C) groups is 1. The molecule has 0 bridgehead atoms. The van der Waals surface area contributed by atoms with Crippen molar-refractivity contribution in [1.29, 1.82) is 0 Å². The van der Waals surface area contributed by atoms with Crippen LogP contribution in [-0.4, -0.2) is 32.2 Å². The van der Waals surface area contributed by atoms with Gasteiger partial charge in [-0.2, -0.15) is 0 Å². The molecule has 120 valence electrons. The van der Waals surface area contributed by atoms with Gasteiger partial charge >= 0.3 is 0 Å². The maximum Gasteiger partial charge on any atom is 0.191 e. The standard InChI is InChI=1S/C15H24FN3O.HI/c1-15(2,3)19-14(17-4)18-10-13(20-5)11-6-8-12(16)9-7-11;/h6-9,13H,10H2,1-5H3,(H2,17,18,19);1H. The zero-order valence-corrected chi connectivity index (χ0v) is 15.6. The predicted octanol–water partition coefficient (Wildman–Crippen LogP) is 3.09. The summed E-state index contributed by atoms with van der Waals surface area (Å²) in [4.78, 5) is 4.17. The number of guanidine groups is 1. The van der Waals surface area contributed by atoms with E-state index in [0.717, 1.165) is 5.56 Å². The number of hydrogen-bond acceptors (Lipinski definition) is 2. The van der Waals surface area contributed by atoms with Gasteiger partial charge in [-0.1, -0.05) is 12.1 Å². The Morgan fingerprint density at radius 2 is 1.86 bits per heavy atom. The topological polar surface area (TPSA) is 45.7 Å². The van der Waals surface area contributed by atoms with Gasteiger partial charge in [-0.05, 0) is 38.5 Å². The second kappa shape index (κ2) is 9.19. The minimum absolute atomic E-state index is 0. The summed E-state index contributed by atoms with van der Waals surface area (Å²) in [5, 5.41) is 6.48. The maximum atomic E-state index is 12.9. The molecule has 0 fully saturated rings. The average molecular weight is 409 g/mol. The molecular formula is C15H25FIN3O. The van der Waals surface area contributed by atoms with E-state index in [4.69, 9.17) is 4.74 Å². The van der Waals surface area contributed by atoms with Crippen LogP contribution >= 0.6 is 24.0 Å². The number of ether oxygens (including phenoxy) is 1. The Balaban J connectivity index is 0.00000400. The van der Waals surface area contributed by atoms with Gasteiger partial charge in [0.15, 0.2) is 5.96 Å². The van der Waals surface area contributed by atoms with Gasteiger partial charge in [-0.25, -0.2) is 4.39 Å². The molecule has 0 spiro atoms. The Morgan fingerprint density at radius 3 is 2.29 bits per heavy atom. The second-order valence-corrected chi connectivity index (χ2v) is 5.60. The van der Waals surface area contributed by atoms with E-state index < -0.39 is 0 Å². The molecule has 0 amide bonds. The molecule has 1 rings (SSSR count). The lowest BCUT2D eigenvalue weighted by Gasteiger charge is -2.25. The van der Waals surface area contributed by atoms with Crippen LogP contribution in [0.5, 0.6) is 0 Å². The molecule has 0 aliphatic carbocycles. The van der Waals surface area contributed by atoms with Crippen LogP contribution in [0.3, 0.4) is 0 Å². The summed E-state index contributed by atoms with van der Waals surface area (Å²) in [5.74, 6) is 0.462. The Bertz CT molecular complexity index is 443. The van der Waals surface area contributed by atoms with Gasteiger partial charge in [-0.3, -0.25) is 4.99 Å². The first kappa shape index (κ1) is 20.1. The summed E-state index contributed by atoms with van der Waals surface area (Å²) in [6.07, 6.45) is -0.158. The van der Waals surface area contributed by atoms with Crippen molar-refractivity contribution in [2.75, 3.05) is 20.7 Å². The Kier molecular flexibility index (Phi) is 8.80. The lowest BCUT2D eigenvalue weighted by atomic mass is 10.1. The van der Waals surface area contributed by atoms with E-state index in [1.807, 2.05) is 0 Å². The molecule has 1 aromatic rings. The SMILES string of the molecule is CN=C(NCC(OC)c1ccc(F)cc1)NC(C)(C)C.I. The molecule has 1 unspecified atom stereocenters. The van der Waals surface area contributed by atoms with Crippen molar-refractivity contribution in [3.8, 4) is 0 Å². The van der Waals surface area contributed by atoms with E-state index in [1.54, 1.807) is 26.3 Å². The number of rotatable bonds is 4. The third-order valence-corrected chi connectivity index (χ3v) is 2.70. The van der Waals surface area contributed by atoms with Crippen LogP contribution in [0.4, 0.5) is 4.39 Å². The molecule has 21 heavy (non-hydrogen) atoms. The summed E-state index contributed by atoms with van der Waals surface area (Å²) in [6, 6.07) is 6.32. The van der Waals surface area contributed by atoms with E-state index in [1.165, 1.54) is 12.1 Å². The molecule has 0 heterocycles. The first-order valence-corrected chi connectivity index (χ1v) is 6.63. The molecule has 0 aliphatic rings. The van der Waals surface area contributed by atoms with Gasteiger partial charge in [0.25, 0.3) is 0 Å². The van der Waals surface area contributed by atoms with Gasteiger partial charge in [0.2, 0.25) is 0 Å². The number of benzene rings is 1. The van der Waals surface area contributed by atoms with Crippen LogP contribution in [0.25, 0.3) is 0 Å². The molecule has 4 nitrogen and oxygen atoms in total. The number of nitrogens with one attached hydrogen (secondary N) is 2. The molecule has 0 aromatic heterocycles. The molecular weight excluding hydrogens is 384 g/mol. The normalized spacial score (nSPS) is 13.3. The summed E-state index contributed by atoms with van der Waals surface area (Å²) in [7, 11) is 3.36. The summed E-state index contributed by atoms with van der Waals surface area (Å²) in [5.41, 5.74) is 0.855. The van der Waals surface area contributed by atoms with E-state index in [9.17, 15) is 4.39 Å². The largest absolute Gasteiger partial charge is 0.375 e. The lowest BCUT2D eigenvalue weighted by Crippen LogP contribution is -2.48. The highest BCUT2D eigenvalue weighted by molar-refractivity contribution is 14.0. The van der Waals surface area contributed by atoms with Gasteiger partial charge < -0.3 is 15.4 Å². The minimum atomic E-state index is -0.248. The number of halogens is 2. The van der Waals surface area contributed by atoms with Crippen LogP contribution in [0, 0.1) is 5.82 Å². The Labute approximate surface area is 143 Å². The number of nitrogens with zero attached hydrogens (tertiary/aromatic N) is 1. The van der Waals surface area contributed by atoms with E-state index in [2.05, 4.69) is 36.4 Å². The fourth-order valence-corrected chi connectivity index (χ4v) is 1.74. The van der Waals surface area contributed by atoms with Crippen molar-refractivity contribution in [2.45, 2.75) is 32.4 Å².